The molecule has 3 rings (SSSR count). The fourth-order valence-electron chi connectivity index (χ4n) is 2.79. The molecule has 0 atom stereocenters. The Hall–Kier alpha value is -3.68. The summed E-state index contributed by atoms with van der Waals surface area (Å²) in [6, 6.07) is 10.4. The van der Waals surface area contributed by atoms with Crippen LogP contribution in [0.5, 0.6) is 23.0 Å². The van der Waals surface area contributed by atoms with Crippen molar-refractivity contribution >= 4 is 23.6 Å². The molecule has 2 aromatic carbocycles. The minimum atomic E-state index is -0.635. The first-order valence-electron chi connectivity index (χ1n) is 10.4. The van der Waals surface area contributed by atoms with E-state index in [1.165, 1.54) is 6.08 Å². The molecule has 0 saturated carbocycles. The molecule has 0 bridgehead atoms. The van der Waals surface area contributed by atoms with Crippen LogP contribution in [-0.4, -0.2) is 38.5 Å². The van der Waals surface area contributed by atoms with Crippen molar-refractivity contribution in [2.24, 2.45) is 5.92 Å². The highest BCUT2D eigenvalue weighted by Crippen LogP contribution is 2.34. The van der Waals surface area contributed by atoms with Gasteiger partial charge in [0.25, 0.3) is 5.91 Å². The van der Waals surface area contributed by atoms with E-state index in [0.29, 0.717) is 47.8 Å². The number of hydrogen-bond donors (Lipinski definition) is 1. The first kappa shape index (κ1) is 23.0. The van der Waals surface area contributed by atoms with Gasteiger partial charge in [0, 0.05) is 17.8 Å². The van der Waals surface area contributed by atoms with Crippen LogP contribution in [0.4, 0.5) is 5.69 Å². The van der Waals surface area contributed by atoms with Gasteiger partial charge in [-0.3, -0.25) is 4.79 Å². The first-order chi connectivity index (χ1) is 15.4. The topological polar surface area (TPSA) is 92.3 Å². The second-order valence-corrected chi connectivity index (χ2v) is 7.40. The number of carbonyl (C=O) groups excluding carboxylic acids is 2. The van der Waals surface area contributed by atoms with Gasteiger partial charge in [0.2, 0.25) is 6.79 Å². The molecular formula is C24H27NO7. The summed E-state index contributed by atoms with van der Waals surface area (Å²) in [4.78, 5) is 24.0. The molecule has 0 fully saturated rings. The van der Waals surface area contributed by atoms with Crippen LogP contribution in [0, 0.1) is 5.92 Å². The molecular weight excluding hydrogens is 414 g/mol. The quantitative estimate of drug-likeness (QED) is 0.439. The Balaban J connectivity index is 1.50. The lowest BCUT2D eigenvalue weighted by molar-refractivity contribution is -0.142. The van der Waals surface area contributed by atoms with E-state index in [4.69, 9.17) is 23.7 Å². The SMILES string of the molecule is CCOc1cc(/C=C/C(=O)OCC(=O)Nc2ccc3c(c2)OCO3)ccc1OCC(C)C. The lowest BCUT2D eigenvalue weighted by Gasteiger charge is -2.14. The van der Waals surface area contributed by atoms with Crippen molar-refractivity contribution in [2.45, 2.75) is 20.8 Å². The van der Waals surface area contributed by atoms with E-state index in [9.17, 15) is 9.59 Å². The zero-order valence-corrected chi connectivity index (χ0v) is 18.4. The maximum Gasteiger partial charge on any atom is 0.331 e. The Morgan fingerprint density at radius 1 is 1.06 bits per heavy atom. The molecule has 1 aliphatic rings. The van der Waals surface area contributed by atoms with E-state index in [0.717, 1.165) is 5.56 Å². The van der Waals surface area contributed by atoms with Crippen LogP contribution in [0.1, 0.15) is 26.3 Å². The van der Waals surface area contributed by atoms with Crippen LogP contribution in [0.2, 0.25) is 0 Å². The maximum atomic E-state index is 12.0. The Labute approximate surface area is 187 Å². The highest BCUT2D eigenvalue weighted by molar-refractivity contribution is 5.94. The van der Waals surface area contributed by atoms with Gasteiger partial charge < -0.3 is 29.0 Å². The number of nitrogens with one attached hydrogen (secondary N) is 1. The largest absolute Gasteiger partial charge is 0.490 e. The number of rotatable bonds is 10. The molecule has 170 valence electrons. The van der Waals surface area contributed by atoms with Crippen molar-refractivity contribution in [2.75, 3.05) is 31.9 Å². The minimum Gasteiger partial charge on any atom is -0.490 e. The van der Waals surface area contributed by atoms with E-state index in [-0.39, 0.29) is 6.79 Å². The zero-order chi connectivity index (χ0) is 22.9. The highest BCUT2D eigenvalue weighted by atomic mass is 16.7. The molecule has 1 heterocycles. The fraction of sp³-hybridized carbons (Fsp3) is 0.333. The summed E-state index contributed by atoms with van der Waals surface area (Å²) < 4.78 is 26.9. The van der Waals surface area contributed by atoms with Crippen LogP contribution in [0.3, 0.4) is 0 Å². The van der Waals surface area contributed by atoms with Gasteiger partial charge in [-0.2, -0.15) is 0 Å². The number of anilines is 1. The van der Waals surface area contributed by atoms with E-state index < -0.39 is 18.5 Å². The molecule has 0 aromatic heterocycles. The summed E-state index contributed by atoms with van der Waals surface area (Å²) in [6.07, 6.45) is 2.85. The van der Waals surface area contributed by atoms with Gasteiger partial charge in [-0.1, -0.05) is 19.9 Å². The molecule has 0 spiro atoms. The molecule has 1 amide bonds. The van der Waals surface area contributed by atoms with E-state index in [2.05, 4.69) is 19.2 Å². The standard InChI is InChI=1S/C24H27NO7/c1-4-28-21-11-17(5-8-19(21)29-13-16(2)3)6-10-24(27)30-14-23(26)25-18-7-9-20-22(12-18)32-15-31-20/h5-12,16H,4,13-15H2,1-3H3,(H,25,26)/b10-6+. The Bertz CT molecular complexity index is 984. The number of esters is 1. The van der Waals surface area contributed by atoms with Crippen LogP contribution in [0.15, 0.2) is 42.5 Å². The second kappa shape index (κ2) is 11.1. The average molecular weight is 441 g/mol. The third-order valence-corrected chi connectivity index (χ3v) is 4.25. The normalized spacial score (nSPS) is 12.1. The molecule has 32 heavy (non-hydrogen) atoms. The Morgan fingerprint density at radius 3 is 2.66 bits per heavy atom. The molecule has 0 aliphatic carbocycles. The molecule has 0 radical (unpaired) electrons. The van der Waals surface area contributed by atoms with Gasteiger partial charge >= 0.3 is 5.97 Å². The van der Waals surface area contributed by atoms with Crippen molar-refractivity contribution in [3.05, 3.63) is 48.0 Å². The van der Waals surface area contributed by atoms with Gasteiger partial charge in [-0.05, 0) is 48.7 Å². The molecule has 0 unspecified atom stereocenters. The van der Waals surface area contributed by atoms with Gasteiger partial charge in [0.15, 0.2) is 29.6 Å². The predicted octanol–water partition coefficient (Wildman–Crippen LogP) is 4.04. The van der Waals surface area contributed by atoms with Gasteiger partial charge in [0.05, 0.1) is 13.2 Å². The number of ether oxygens (including phenoxy) is 5. The van der Waals surface area contributed by atoms with Crippen LogP contribution in [0.25, 0.3) is 6.08 Å². The van der Waals surface area contributed by atoms with Crippen molar-refractivity contribution in [1.29, 1.82) is 0 Å². The third-order valence-electron chi connectivity index (χ3n) is 4.25. The van der Waals surface area contributed by atoms with Crippen molar-refractivity contribution < 1.29 is 33.3 Å². The number of hydrogen-bond acceptors (Lipinski definition) is 7. The smallest absolute Gasteiger partial charge is 0.331 e. The Kier molecular flexibility index (Phi) is 7.96. The number of carbonyl (C=O) groups is 2. The van der Waals surface area contributed by atoms with Gasteiger partial charge in [-0.25, -0.2) is 4.79 Å². The summed E-state index contributed by atoms with van der Waals surface area (Å²) >= 11 is 0. The summed E-state index contributed by atoms with van der Waals surface area (Å²) in [5, 5.41) is 2.64. The summed E-state index contributed by atoms with van der Waals surface area (Å²) in [6.45, 7) is 6.83. The van der Waals surface area contributed by atoms with Crippen LogP contribution < -0.4 is 24.3 Å². The Morgan fingerprint density at radius 2 is 1.88 bits per heavy atom. The van der Waals surface area contributed by atoms with E-state index >= 15 is 0 Å². The maximum absolute atomic E-state index is 12.0. The fourth-order valence-corrected chi connectivity index (χ4v) is 2.79. The number of benzene rings is 2. The van der Waals surface area contributed by atoms with Crippen molar-refractivity contribution in [1.82, 2.24) is 0 Å². The molecule has 1 aliphatic heterocycles. The van der Waals surface area contributed by atoms with E-state index in [1.54, 1.807) is 36.4 Å². The lowest BCUT2D eigenvalue weighted by Crippen LogP contribution is -2.20. The van der Waals surface area contributed by atoms with E-state index in [1.807, 2.05) is 13.0 Å². The molecule has 8 nitrogen and oxygen atoms in total. The second-order valence-electron chi connectivity index (χ2n) is 7.40. The summed E-state index contributed by atoms with van der Waals surface area (Å²) in [5.41, 5.74) is 1.26. The number of fused-ring (bicyclic) bond motifs is 1. The third kappa shape index (κ3) is 6.66. The molecule has 1 N–H and O–H groups in total. The molecule has 0 saturated heterocycles. The summed E-state index contributed by atoms with van der Waals surface area (Å²) in [7, 11) is 0. The number of amides is 1. The lowest BCUT2D eigenvalue weighted by atomic mass is 10.2. The van der Waals surface area contributed by atoms with Gasteiger partial charge in [-0.15, -0.1) is 0 Å². The predicted molar refractivity (Wildman–Crippen MR) is 119 cm³/mol. The average Bonchev–Trinajstić information content (AvgIpc) is 3.23. The first-order valence-corrected chi connectivity index (χ1v) is 10.4. The zero-order valence-electron chi connectivity index (χ0n) is 18.4. The monoisotopic (exact) mass is 441 g/mol. The minimum absolute atomic E-state index is 0.149. The van der Waals surface area contributed by atoms with Gasteiger partial charge in [0.1, 0.15) is 0 Å². The highest BCUT2D eigenvalue weighted by Gasteiger charge is 2.14. The molecule has 8 heteroatoms. The summed E-state index contributed by atoms with van der Waals surface area (Å²) in [5.74, 6) is 1.72. The van der Waals surface area contributed by atoms with Crippen molar-refractivity contribution in [3.63, 3.8) is 0 Å². The van der Waals surface area contributed by atoms with Crippen molar-refractivity contribution in [3.8, 4) is 23.0 Å². The van der Waals surface area contributed by atoms with Crippen LogP contribution >= 0.6 is 0 Å². The van der Waals surface area contributed by atoms with Crippen LogP contribution in [-0.2, 0) is 14.3 Å². The molecule has 2 aromatic rings.